The lowest BCUT2D eigenvalue weighted by Crippen LogP contribution is -2.51. The van der Waals surface area contributed by atoms with Crippen LogP contribution in [0, 0.1) is 0 Å². The summed E-state index contributed by atoms with van der Waals surface area (Å²) in [6.07, 6.45) is 0.948. The predicted octanol–water partition coefficient (Wildman–Crippen LogP) is 2.37. The van der Waals surface area contributed by atoms with Gasteiger partial charge in [0.2, 0.25) is 0 Å². The molecule has 0 aliphatic heterocycles. The highest BCUT2D eigenvalue weighted by atomic mass is 16.5. The fraction of sp³-hybridized carbons (Fsp3) is 0.500. The average Bonchev–Trinajstić information content (AvgIpc) is 2.47. The molecule has 0 aliphatic rings. The molecular formula is C14H20N4O3. The van der Waals surface area contributed by atoms with Gasteiger partial charge in [-0.3, -0.25) is 4.79 Å². The number of hydrogen-bond donors (Lipinski definition) is 2. The molecule has 0 aromatic heterocycles. The van der Waals surface area contributed by atoms with Crippen LogP contribution in [0.2, 0.25) is 0 Å². The third-order valence-electron chi connectivity index (χ3n) is 3.20. The molecule has 0 amide bonds. The van der Waals surface area contributed by atoms with Crippen LogP contribution in [0.3, 0.4) is 0 Å². The van der Waals surface area contributed by atoms with Crippen LogP contribution < -0.4 is 10.1 Å². The zero-order valence-corrected chi connectivity index (χ0v) is 12.2. The highest BCUT2D eigenvalue weighted by Gasteiger charge is 2.32. The summed E-state index contributed by atoms with van der Waals surface area (Å²) in [5.41, 5.74) is 8.03. The number of nitrogens with zero attached hydrogens (tertiary/aromatic N) is 3. The highest BCUT2D eigenvalue weighted by molar-refractivity contribution is 5.78. The smallest absolute Gasteiger partial charge is 0.323 e. The summed E-state index contributed by atoms with van der Waals surface area (Å²) in [5, 5.41) is 15.9. The molecule has 0 saturated carbocycles. The van der Waals surface area contributed by atoms with Crippen molar-refractivity contribution in [3.8, 4) is 5.75 Å². The average molecular weight is 292 g/mol. The number of nitrogens with one attached hydrogen (secondary N) is 1. The molecule has 7 heteroatoms. The van der Waals surface area contributed by atoms with E-state index in [2.05, 4.69) is 15.3 Å². The van der Waals surface area contributed by atoms with Crippen molar-refractivity contribution in [3.63, 3.8) is 0 Å². The lowest BCUT2D eigenvalue weighted by atomic mass is 9.92. The Labute approximate surface area is 123 Å². The maximum Gasteiger partial charge on any atom is 0.323 e. The van der Waals surface area contributed by atoms with Gasteiger partial charge in [0.25, 0.3) is 0 Å². The Morgan fingerprint density at radius 1 is 1.48 bits per heavy atom. The van der Waals surface area contributed by atoms with Crippen LogP contribution in [0.4, 0.5) is 0 Å². The monoisotopic (exact) mass is 292 g/mol. The van der Waals surface area contributed by atoms with E-state index in [1.165, 1.54) is 0 Å². The molecule has 114 valence electrons. The number of carboxylic acids is 1. The number of aliphatic carboxylic acids is 1. The maximum atomic E-state index is 11.5. The van der Waals surface area contributed by atoms with E-state index in [9.17, 15) is 9.90 Å². The summed E-state index contributed by atoms with van der Waals surface area (Å²) in [7, 11) is 1.58. The Morgan fingerprint density at radius 2 is 2.14 bits per heavy atom. The molecule has 1 aromatic carbocycles. The van der Waals surface area contributed by atoms with Gasteiger partial charge < -0.3 is 15.2 Å². The number of rotatable bonds is 9. The normalized spacial score (nSPS) is 13.0. The molecule has 1 atom stereocenters. The quantitative estimate of drug-likeness (QED) is 0.315. The van der Waals surface area contributed by atoms with Crippen molar-refractivity contribution in [1.82, 2.24) is 5.32 Å². The van der Waals surface area contributed by atoms with Crippen LogP contribution in [0.1, 0.15) is 18.9 Å². The summed E-state index contributed by atoms with van der Waals surface area (Å²) in [4.78, 5) is 14.2. The van der Waals surface area contributed by atoms with E-state index in [0.29, 0.717) is 25.9 Å². The fourth-order valence-electron chi connectivity index (χ4n) is 1.92. The molecule has 1 aromatic rings. The molecule has 0 radical (unpaired) electrons. The molecule has 0 saturated heterocycles. The summed E-state index contributed by atoms with van der Waals surface area (Å²) >= 11 is 0. The van der Waals surface area contributed by atoms with E-state index in [0.717, 1.165) is 11.3 Å². The van der Waals surface area contributed by atoms with E-state index in [-0.39, 0.29) is 0 Å². The van der Waals surface area contributed by atoms with Gasteiger partial charge in [-0.2, -0.15) is 0 Å². The minimum absolute atomic E-state index is 0.349. The fourth-order valence-corrected chi connectivity index (χ4v) is 1.92. The number of ether oxygens (including phenoxy) is 1. The van der Waals surface area contributed by atoms with Crippen molar-refractivity contribution in [2.75, 3.05) is 20.2 Å². The van der Waals surface area contributed by atoms with Crippen LogP contribution in [-0.4, -0.2) is 36.8 Å². The summed E-state index contributed by atoms with van der Waals surface area (Å²) in [6.45, 7) is 2.47. The first kappa shape index (κ1) is 16.8. The van der Waals surface area contributed by atoms with Crippen molar-refractivity contribution in [2.24, 2.45) is 5.11 Å². The Morgan fingerprint density at radius 3 is 2.67 bits per heavy atom. The molecule has 0 heterocycles. The largest absolute Gasteiger partial charge is 0.497 e. The molecule has 21 heavy (non-hydrogen) atoms. The lowest BCUT2D eigenvalue weighted by Gasteiger charge is -2.26. The van der Waals surface area contributed by atoms with Gasteiger partial charge >= 0.3 is 5.97 Å². The zero-order chi connectivity index (χ0) is 15.7. The van der Waals surface area contributed by atoms with E-state index in [4.69, 9.17) is 10.3 Å². The Hall–Kier alpha value is -2.24. The van der Waals surface area contributed by atoms with Crippen molar-refractivity contribution in [1.29, 1.82) is 0 Å². The van der Waals surface area contributed by atoms with Crippen LogP contribution in [0.5, 0.6) is 5.75 Å². The van der Waals surface area contributed by atoms with Gasteiger partial charge in [-0.25, -0.2) is 0 Å². The maximum absolute atomic E-state index is 11.5. The second-order valence-electron chi connectivity index (χ2n) is 4.90. The van der Waals surface area contributed by atoms with Crippen molar-refractivity contribution >= 4 is 5.97 Å². The molecule has 7 nitrogen and oxygen atoms in total. The van der Waals surface area contributed by atoms with Gasteiger partial charge in [-0.1, -0.05) is 17.2 Å². The topological polar surface area (TPSA) is 107 Å². The standard InChI is InChI=1S/C14H20N4O3/c1-14(13(19)20,16-8-3-9-17-18-15)10-11-4-6-12(21-2)7-5-11/h4-7,16H,3,8-10H2,1-2H3,(H,19,20). The third kappa shape index (κ3) is 5.33. The Bertz CT molecular complexity index is 511. The third-order valence-corrected chi connectivity index (χ3v) is 3.20. The van der Waals surface area contributed by atoms with Crippen LogP contribution in [-0.2, 0) is 11.2 Å². The van der Waals surface area contributed by atoms with Gasteiger partial charge in [0.05, 0.1) is 7.11 Å². The van der Waals surface area contributed by atoms with Gasteiger partial charge in [0.15, 0.2) is 0 Å². The predicted molar refractivity (Wildman–Crippen MR) is 79.4 cm³/mol. The molecule has 0 bridgehead atoms. The Kier molecular flexibility index (Phi) is 6.52. The van der Waals surface area contributed by atoms with Gasteiger partial charge in [0.1, 0.15) is 11.3 Å². The molecular weight excluding hydrogens is 272 g/mol. The molecule has 0 fully saturated rings. The number of methoxy groups -OCH3 is 1. The van der Waals surface area contributed by atoms with Gasteiger partial charge in [0, 0.05) is 17.9 Å². The number of carboxylic acid groups (broad SMARTS) is 1. The van der Waals surface area contributed by atoms with E-state index in [1.807, 2.05) is 12.1 Å². The summed E-state index contributed by atoms with van der Waals surface area (Å²) < 4.78 is 5.08. The number of azide groups is 1. The zero-order valence-electron chi connectivity index (χ0n) is 12.2. The molecule has 1 unspecified atom stereocenters. The number of hydrogen-bond acceptors (Lipinski definition) is 4. The van der Waals surface area contributed by atoms with Crippen molar-refractivity contribution in [2.45, 2.75) is 25.3 Å². The minimum Gasteiger partial charge on any atom is -0.497 e. The Balaban J connectivity index is 2.65. The minimum atomic E-state index is -1.06. The second kappa shape index (κ2) is 8.14. The number of benzene rings is 1. The highest BCUT2D eigenvalue weighted by Crippen LogP contribution is 2.17. The second-order valence-corrected chi connectivity index (χ2v) is 4.90. The van der Waals surface area contributed by atoms with Crippen molar-refractivity contribution in [3.05, 3.63) is 40.3 Å². The molecule has 1 rings (SSSR count). The lowest BCUT2D eigenvalue weighted by molar-refractivity contribution is -0.144. The van der Waals surface area contributed by atoms with Gasteiger partial charge in [-0.15, -0.1) is 0 Å². The number of carbonyl (C=O) groups is 1. The molecule has 0 spiro atoms. The first-order valence-electron chi connectivity index (χ1n) is 6.64. The summed E-state index contributed by atoms with van der Waals surface area (Å²) in [5.74, 6) is -0.180. The molecule has 0 aliphatic carbocycles. The van der Waals surface area contributed by atoms with E-state index in [1.54, 1.807) is 26.2 Å². The van der Waals surface area contributed by atoms with Crippen LogP contribution >= 0.6 is 0 Å². The van der Waals surface area contributed by atoms with Crippen LogP contribution in [0.25, 0.3) is 10.4 Å². The van der Waals surface area contributed by atoms with E-state index < -0.39 is 11.5 Å². The van der Waals surface area contributed by atoms with Crippen LogP contribution in [0.15, 0.2) is 29.4 Å². The van der Waals surface area contributed by atoms with Gasteiger partial charge in [-0.05, 0) is 43.1 Å². The SMILES string of the molecule is COc1ccc(CC(C)(NCCCN=[N+]=[N-])C(=O)O)cc1. The van der Waals surface area contributed by atoms with Crippen molar-refractivity contribution < 1.29 is 14.6 Å². The summed E-state index contributed by atoms with van der Waals surface area (Å²) in [6, 6.07) is 7.31. The first-order chi connectivity index (χ1) is 10.0. The van der Waals surface area contributed by atoms with E-state index >= 15 is 0 Å². The first-order valence-corrected chi connectivity index (χ1v) is 6.64. The molecule has 2 N–H and O–H groups in total.